The van der Waals surface area contributed by atoms with E-state index in [1.54, 1.807) is 12.1 Å². The molecule has 4 rings (SSSR count). The first-order chi connectivity index (χ1) is 17.8. The van der Waals surface area contributed by atoms with Crippen molar-refractivity contribution in [1.29, 1.82) is 0 Å². The fourth-order valence-electron chi connectivity index (χ4n) is 5.05. The number of nitrogens with zero attached hydrogens (tertiary/aromatic N) is 4. The van der Waals surface area contributed by atoms with Gasteiger partial charge in [0.25, 0.3) is 0 Å². The number of aliphatic hydroxyl groups excluding tert-OH is 1. The van der Waals surface area contributed by atoms with Gasteiger partial charge < -0.3 is 15.2 Å². The lowest BCUT2D eigenvalue weighted by molar-refractivity contribution is 0.0730. The second-order valence-corrected chi connectivity index (χ2v) is 11.7. The fraction of sp³-hybridized carbons (Fsp3) is 0.556. The molecular weight excluding hydrogens is 490 g/mol. The predicted molar refractivity (Wildman–Crippen MR) is 147 cm³/mol. The van der Waals surface area contributed by atoms with Crippen LogP contribution in [0, 0.1) is 6.92 Å². The highest BCUT2D eigenvalue weighted by atomic mass is 32.2. The maximum Gasteiger partial charge on any atom is 0.243 e. The first-order valence-electron chi connectivity index (χ1n) is 13.2. The highest BCUT2D eigenvalue weighted by Crippen LogP contribution is 2.38. The molecule has 0 atom stereocenters. The molecule has 1 saturated carbocycles. The van der Waals surface area contributed by atoms with E-state index >= 15 is 0 Å². The summed E-state index contributed by atoms with van der Waals surface area (Å²) in [4.78, 5) is 4.39. The lowest BCUT2D eigenvalue weighted by Crippen LogP contribution is -2.40. The van der Waals surface area contributed by atoms with Gasteiger partial charge in [-0.25, -0.2) is 18.1 Å². The van der Waals surface area contributed by atoms with E-state index in [9.17, 15) is 13.5 Å². The molecule has 1 aliphatic heterocycles. The van der Waals surface area contributed by atoms with Crippen molar-refractivity contribution in [3.63, 3.8) is 0 Å². The van der Waals surface area contributed by atoms with E-state index in [4.69, 9.17) is 9.84 Å². The molecule has 202 valence electrons. The number of sulfonamides is 1. The number of aliphatic hydroxyl groups is 1. The van der Waals surface area contributed by atoms with Crippen LogP contribution < -0.4 is 5.32 Å². The zero-order valence-corrected chi connectivity index (χ0v) is 22.7. The minimum atomic E-state index is -3.55. The molecule has 0 unspecified atom stereocenters. The van der Waals surface area contributed by atoms with E-state index in [1.807, 2.05) is 23.7 Å². The zero-order valence-electron chi connectivity index (χ0n) is 21.9. The Balaban J connectivity index is 1.68. The summed E-state index contributed by atoms with van der Waals surface area (Å²) in [7, 11) is -3.55. The predicted octanol–water partition coefficient (Wildman–Crippen LogP) is 3.71. The summed E-state index contributed by atoms with van der Waals surface area (Å²) in [6.07, 6.45) is 5.14. The average Bonchev–Trinajstić information content (AvgIpc) is 3.24. The molecule has 2 N–H and O–H groups in total. The number of aliphatic imine (C=N–C) groups is 1. The van der Waals surface area contributed by atoms with Crippen LogP contribution >= 0.6 is 0 Å². The van der Waals surface area contributed by atoms with Gasteiger partial charge >= 0.3 is 0 Å². The number of hydrogen-bond donors (Lipinski definition) is 2. The van der Waals surface area contributed by atoms with Crippen molar-refractivity contribution in [2.75, 3.05) is 32.8 Å². The summed E-state index contributed by atoms with van der Waals surface area (Å²) in [5.74, 6) is 0.741. The molecule has 37 heavy (non-hydrogen) atoms. The van der Waals surface area contributed by atoms with Crippen LogP contribution in [0.3, 0.4) is 0 Å². The van der Waals surface area contributed by atoms with Crippen LogP contribution in [0.25, 0.3) is 11.1 Å². The Morgan fingerprint density at radius 2 is 1.84 bits per heavy atom. The molecule has 1 aromatic heterocycles. The minimum absolute atomic E-state index is 0.245. The Kier molecular flexibility index (Phi) is 9.17. The molecule has 1 saturated heterocycles. The van der Waals surface area contributed by atoms with Crippen molar-refractivity contribution in [2.45, 2.75) is 69.3 Å². The molecule has 9 nitrogen and oxygen atoms in total. The molecule has 0 radical (unpaired) electrons. The molecule has 0 bridgehead atoms. The lowest BCUT2D eigenvalue weighted by Gasteiger charge is -2.26. The highest BCUT2D eigenvalue weighted by molar-refractivity contribution is 7.89. The lowest BCUT2D eigenvalue weighted by atomic mass is 9.85. The summed E-state index contributed by atoms with van der Waals surface area (Å²) in [6, 6.07) is 9.24. The Labute approximate surface area is 220 Å². The third-order valence-electron chi connectivity index (χ3n) is 7.29. The summed E-state index contributed by atoms with van der Waals surface area (Å²) in [5, 5.41) is 18.1. The Morgan fingerprint density at radius 1 is 1.16 bits per heavy atom. The maximum absolute atomic E-state index is 13.1. The molecule has 1 aliphatic carbocycles. The number of nitrogens with one attached hydrogen (secondary N) is 1. The van der Waals surface area contributed by atoms with Gasteiger partial charge in [0, 0.05) is 42.5 Å². The summed E-state index contributed by atoms with van der Waals surface area (Å²) < 4.78 is 34.8. The van der Waals surface area contributed by atoms with Crippen molar-refractivity contribution < 1.29 is 18.3 Å². The Bertz CT molecular complexity index is 1190. The molecule has 2 heterocycles. The summed E-state index contributed by atoms with van der Waals surface area (Å²) in [6.45, 7) is 10.2. The van der Waals surface area contributed by atoms with E-state index < -0.39 is 10.0 Å². The fourth-order valence-corrected chi connectivity index (χ4v) is 6.45. The first kappa shape index (κ1) is 27.5. The van der Waals surface area contributed by atoms with Gasteiger partial charge in [0.05, 0.1) is 24.2 Å². The number of rotatable bonds is 8. The molecule has 2 aliphatic rings. The number of aromatic nitrogens is 1. The van der Waals surface area contributed by atoms with Gasteiger partial charge in [-0.3, -0.25) is 0 Å². The van der Waals surface area contributed by atoms with Crippen molar-refractivity contribution in [3.8, 4) is 11.1 Å². The van der Waals surface area contributed by atoms with E-state index in [-0.39, 0.29) is 16.9 Å². The third kappa shape index (κ3) is 6.31. The third-order valence-corrected chi connectivity index (χ3v) is 9.20. The van der Waals surface area contributed by atoms with Crippen molar-refractivity contribution in [1.82, 2.24) is 14.3 Å². The van der Waals surface area contributed by atoms with Gasteiger partial charge in [-0.15, -0.1) is 5.10 Å². The van der Waals surface area contributed by atoms with E-state index in [0.717, 1.165) is 67.6 Å². The monoisotopic (exact) mass is 529 g/mol. The van der Waals surface area contributed by atoms with Crippen LogP contribution in [0.1, 0.15) is 62.8 Å². The van der Waals surface area contributed by atoms with Gasteiger partial charge in [0.1, 0.15) is 0 Å². The standard InChI is InChI=1S/C27H39N5O4S/c1-4-5-14-29-27(28-3)30-32-20(2)25(19-26(32)22-6-10-23(33)11-7-22)21-8-12-24(13-9-21)37(34,35)31-15-17-36-18-16-31/h8-9,12-13,19,22-23,33H,3-7,10-11,14-18H2,1-2H3,(H,29,30)/t22-,23-. The molecular formula is C27H39N5O4S. The first-order valence-corrected chi connectivity index (χ1v) is 14.7. The maximum atomic E-state index is 13.1. The number of benzene rings is 1. The molecule has 0 amide bonds. The summed E-state index contributed by atoms with van der Waals surface area (Å²) in [5.41, 5.74) is 3.94. The van der Waals surface area contributed by atoms with E-state index in [2.05, 4.69) is 30.0 Å². The number of unbranched alkanes of at least 4 members (excludes halogenated alkanes) is 1. The number of guanidine groups is 1. The van der Waals surface area contributed by atoms with Gasteiger partial charge in [-0.05, 0) is 69.5 Å². The topological polar surface area (TPSA) is 109 Å². The molecule has 2 fully saturated rings. The van der Waals surface area contributed by atoms with E-state index in [0.29, 0.717) is 32.3 Å². The van der Waals surface area contributed by atoms with Crippen LogP contribution in [0.5, 0.6) is 0 Å². The molecule has 2 aromatic rings. The molecule has 1 aromatic carbocycles. The van der Waals surface area contributed by atoms with Crippen molar-refractivity contribution >= 4 is 22.7 Å². The molecule has 10 heteroatoms. The van der Waals surface area contributed by atoms with Crippen LogP contribution in [0.2, 0.25) is 0 Å². The van der Waals surface area contributed by atoms with Crippen LogP contribution in [0.4, 0.5) is 0 Å². The van der Waals surface area contributed by atoms with Crippen LogP contribution in [-0.4, -0.2) is 74.1 Å². The normalized spacial score (nSPS) is 21.6. The summed E-state index contributed by atoms with van der Waals surface area (Å²) >= 11 is 0. The second kappa shape index (κ2) is 12.3. The second-order valence-electron chi connectivity index (χ2n) is 9.79. The van der Waals surface area contributed by atoms with Gasteiger partial charge in [0.2, 0.25) is 16.0 Å². The van der Waals surface area contributed by atoms with Gasteiger partial charge in [-0.1, -0.05) is 25.5 Å². The Morgan fingerprint density at radius 3 is 2.46 bits per heavy atom. The number of hydrogen-bond acceptors (Lipinski definition) is 5. The quantitative estimate of drug-likeness (QED) is 0.308. The minimum Gasteiger partial charge on any atom is -0.393 e. The van der Waals surface area contributed by atoms with Crippen molar-refractivity contribution in [3.05, 3.63) is 41.7 Å². The number of morpholine rings is 1. The van der Waals surface area contributed by atoms with Gasteiger partial charge in [0.15, 0.2) is 0 Å². The number of ether oxygens (including phenoxy) is 1. The zero-order chi connectivity index (χ0) is 26.4. The van der Waals surface area contributed by atoms with Crippen molar-refractivity contribution in [2.24, 2.45) is 10.1 Å². The highest BCUT2D eigenvalue weighted by Gasteiger charge is 2.28. The van der Waals surface area contributed by atoms with Gasteiger partial charge in [-0.2, -0.15) is 4.31 Å². The SMILES string of the molecule is C=N/C(=N\n1c(C)c(-c2ccc(S(=O)(=O)N3CCOCC3)cc2)cc1[C@H]1CC[C@H](O)CC1)NCCCC. The average molecular weight is 530 g/mol. The Hall–Kier alpha value is -2.53. The van der Waals surface area contributed by atoms with Crippen LogP contribution in [0.15, 0.2) is 45.3 Å². The van der Waals surface area contributed by atoms with Crippen LogP contribution in [-0.2, 0) is 14.8 Å². The van der Waals surface area contributed by atoms with E-state index in [1.165, 1.54) is 4.31 Å². The largest absolute Gasteiger partial charge is 0.393 e. The smallest absolute Gasteiger partial charge is 0.243 e. The molecule has 0 spiro atoms.